The average molecular weight is 272 g/mol. The summed E-state index contributed by atoms with van der Waals surface area (Å²) in [6.45, 7) is 9.85. The SMILES string of the molecule is CSCc1nc(CC(C)C)c(CNC(C)C)s1. The molecule has 0 amide bonds. The average Bonchev–Trinajstić information content (AvgIpc) is 2.57. The smallest absolute Gasteiger partial charge is 0.103 e. The molecule has 0 aliphatic rings. The van der Waals surface area contributed by atoms with Crippen molar-refractivity contribution in [2.75, 3.05) is 6.26 Å². The summed E-state index contributed by atoms with van der Waals surface area (Å²) in [6.07, 6.45) is 3.23. The molecule has 4 heteroatoms. The summed E-state index contributed by atoms with van der Waals surface area (Å²) in [5, 5.41) is 4.77. The molecule has 1 heterocycles. The van der Waals surface area contributed by atoms with Gasteiger partial charge in [0.05, 0.1) is 5.69 Å². The lowest BCUT2D eigenvalue weighted by atomic mass is 10.1. The van der Waals surface area contributed by atoms with E-state index in [1.165, 1.54) is 15.6 Å². The second-order valence-corrected chi connectivity index (χ2v) is 7.08. The maximum absolute atomic E-state index is 4.78. The van der Waals surface area contributed by atoms with E-state index in [4.69, 9.17) is 4.98 Å². The molecule has 1 aromatic heterocycles. The molecule has 1 aromatic rings. The van der Waals surface area contributed by atoms with Gasteiger partial charge in [-0.15, -0.1) is 11.3 Å². The molecule has 0 aliphatic carbocycles. The molecule has 1 rings (SSSR count). The van der Waals surface area contributed by atoms with Crippen LogP contribution in [0, 0.1) is 5.92 Å². The van der Waals surface area contributed by atoms with E-state index in [1.807, 2.05) is 23.1 Å². The summed E-state index contributed by atoms with van der Waals surface area (Å²) >= 11 is 3.72. The molecule has 0 aliphatic heterocycles. The fourth-order valence-electron chi connectivity index (χ4n) is 1.60. The molecule has 0 saturated heterocycles. The van der Waals surface area contributed by atoms with Crippen molar-refractivity contribution in [2.24, 2.45) is 5.92 Å². The molecule has 0 atom stereocenters. The first-order valence-electron chi connectivity index (χ1n) is 6.22. The first-order chi connectivity index (χ1) is 8.02. The summed E-state index contributed by atoms with van der Waals surface area (Å²) in [5.74, 6) is 1.72. The third kappa shape index (κ3) is 5.40. The number of thioether (sulfide) groups is 1. The molecule has 0 spiro atoms. The van der Waals surface area contributed by atoms with Crippen LogP contribution < -0.4 is 5.32 Å². The van der Waals surface area contributed by atoms with Crippen LogP contribution >= 0.6 is 23.1 Å². The van der Waals surface area contributed by atoms with E-state index >= 15 is 0 Å². The molecule has 0 bridgehead atoms. The van der Waals surface area contributed by atoms with Crippen molar-refractivity contribution in [2.45, 2.75) is 52.5 Å². The van der Waals surface area contributed by atoms with Gasteiger partial charge in [-0.25, -0.2) is 4.98 Å². The van der Waals surface area contributed by atoms with Crippen LogP contribution in [0.2, 0.25) is 0 Å². The van der Waals surface area contributed by atoms with Crippen molar-refractivity contribution in [1.29, 1.82) is 0 Å². The monoisotopic (exact) mass is 272 g/mol. The molecule has 0 aromatic carbocycles. The quantitative estimate of drug-likeness (QED) is 0.819. The highest BCUT2D eigenvalue weighted by molar-refractivity contribution is 7.97. The Kier molecular flexibility index (Phi) is 6.52. The van der Waals surface area contributed by atoms with Crippen molar-refractivity contribution in [1.82, 2.24) is 10.3 Å². The summed E-state index contributed by atoms with van der Waals surface area (Å²) in [6, 6.07) is 0.535. The van der Waals surface area contributed by atoms with Crippen LogP contribution in [-0.4, -0.2) is 17.3 Å². The van der Waals surface area contributed by atoms with Gasteiger partial charge in [-0.2, -0.15) is 11.8 Å². The number of hydrogen-bond acceptors (Lipinski definition) is 4. The van der Waals surface area contributed by atoms with E-state index in [9.17, 15) is 0 Å². The number of hydrogen-bond donors (Lipinski definition) is 1. The van der Waals surface area contributed by atoms with Crippen molar-refractivity contribution < 1.29 is 0 Å². The highest BCUT2D eigenvalue weighted by Crippen LogP contribution is 2.24. The molecule has 0 saturated carbocycles. The summed E-state index contributed by atoms with van der Waals surface area (Å²) in [5.41, 5.74) is 1.31. The van der Waals surface area contributed by atoms with Crippen molar-refractivity contribution in [3.8, 4) is 0 Å². The van der Waals surface area contributed by atoms with E-state index in [0.29, 0.717) is 12.0 Å². The third-order valence-electron chi connectivity index (χ3n) is 2.36. The standard InChI is InChI=1S/C13H24N2S2/c1-9(2)6-11-12(7-14-10(3)4)17-13(15-11)8-16-5/h9-10,14H,6-8H2,1-5H3. The van der Waals surface area contributed by atoms with Crippen molar-refractivity contribution >= 4 is 23.1 Å². The Balaban J connectivity index is 2.75. The number of nitrogens with zero attached hydrogens (tertiary/aromatic N) is 1. The minimum atomic E-state index is 0.535. The first kappa shape index (κ1) is 15.0. The molecule has 0 unspecified atom stereocenters. The van der Waals surface area contributed by atoms with E-state index in [1.54, 1.807) is 0 Å². The highest BCUT2D eigenvalue weighted by Gasteiger charge is 2.12. The third-order valence-corrected chi connectivity index (χ3v) is 4.21. The van der Waals surface area contributed by atoms with Gasteiger partial charge in [0.25, 0.3) is 0 Å². The second kappa shape index (κ2) is 7.39. The van der Waals surface area contributed by atoms with E-state index in [0.717, 1.165) is 18.7 Å². The minimum absolute atomic E-state index is 0.535. The molecular formula is C13H24N2S2. The van der Waals surface area contributed by atoms with Crippen LogP contribution in [0.1, 0.15) is 43.3 Å². The van der Waals surface area contributed by atoms with E-state index in [2.05, 4.69) is 39.3 Å². The Morgan fingerprint density at radius 3 is 2.53 bits per heavy atom. The summed E-state index contributed by atoms with van der Waals surface area (Å²) < 4.78 is 0. The zero-order chi connectivity index (χ0) is 12.8. The van der Waals surface area contributed by atoms with Crippen LogP contribution in [0.4, 0.5) is 0 Å². The van der Waals surface area contributed by atoms with Crippen molar-refractivity contribution in [3.05, 3.63) is 15.6 Å². The Labute approximate surface area is 114 Å². The molecule has 0 fully saturated rings. The number of thiazole rings is 1. The zero-order valence-electron chi connectivity index (χ0n) is 11.5. The lowest BCUT2D eigenvalue weighted by Crippen LogP contribution is -2.22. The molecule has 1 N–H and O–H groups in total. The zero-order valence-corrected chi connectivity index (χ0v) is 13.2. The summed E-state index contributed by atoms with van der Waals surface area (Å²) in [4.78, 5) is 6.20. The highest BCUT2D eigenvalue weighted by atomic mass is 32.2. The number of aromatic nitrogens is 1. The molecule has 98 valence electrons. The lowest BCUT2D eigenvalue weighted by molar-refractivity contribution is 0.581. The van der Waals surface area contributed by atoms with Gasteiger partial charge in [-0.3, -0.25) is 0 Å². The Morgan fingerprint density at radius 1 is 1.29 bits per heavy atom. The van der Waals surface area contributed by atoms with Crippen molar-refractivity contribution in [3.63, 3.8) is 0 Å². The van der Waals surface area contributed by atoms with Gasteiger partial charge in [0, 0.05) is 23.2 Å². The van der Waals surface area contributed by atoms with E-state index in [-0.39, 0.29) is 0 Å². The van der Waals surface area contributed by atoms with Gasteiger partial charge in [0.2, 0.25) is 0 Å². The number of rotatable bonds is 7. The predicted octanol–water partition coefficient (Wildman–Crippen LogP) is 3.70. The summed E-state index contributed by atoms with van der Waals surface area (Å²) in [7, 11) is 0. The molecule has 0 radical (unpaired) electrons. The second-order valence-electron chi connectivity index (χ2n) is 5.04. The van der Waals surface area contributed by atoms with Gasteiger partial charge in [0.1, 0.15) is 5.01 Å². The van der Waals surface area contributed by atoms with Crippen LogP contribution in [0.5, 0.6) is 0 Å². The Morgan fingerprint density at radius 2 is 2.00 bits per heavy atom. The van der Waals surface area contributed by atoms with Crippen LogP contribution in [0.3, 0.4) is 0 Å². The maximum Gasteiger partial charge on any atom is 0.103 e. The van der Waals surface area contributed by atoms with Gasteiger partial charge in [0.15, 0.2) is 0 Å². The van der Waals surface area contributed by atoms with Crippen LogP contribution in [0.15, 0.2) is 0 Å². The fourth-order valence-corrected chi connectivity index (χ4v) is 3.35. The van der Waals surface area contributed by atoms with Gasteiger partial charge < -0.3 is 5.32 Å². The van der Waals surface area contributed by atoms with E-state index < -0.39 is 0 Å². The van der Waals surface area contributed by atoms with Gasteiger partial charge >= 0.3 is 0 Å². The predicted molar refractivity (Wildman–Crippen MR) is 79.9 cm³/mol. The fraction of sp³-hybridized carbons (Fsp3) is 0.769. The molecular weight excluding hydrogens is 248 g/mol. The number of nitrogens with one attached hydrogen (secondary N) is 1. The topological polar surface area (TPSA) is 24.9 Å². The normalized spacial score (nSPS) is 11.7. The molecule has 2 nitrogen and oxygen atoms in total. The molecule has 17 heavy (non-hydrogen) atoms. The van der Waals surface area contributed by atoms with Gasteiger partial charge in [-0.05, 0) is 18.6 Å². The Hall–Kier alpha value is -0.0600. The minimum Gasteiger partial charge on any atom is -0.310 e. The van der Waals surface area contributed by atoms with Crippen LogP contribution in [-0.2, 0) is 18.7 Å². The maximum atomic E-state index is 4.78. The van der Waals surface area contributed by atoms with Gasteiger partial charge in [-0.1, -0.05) is 27.7 Å². The van der Waals surface area contributed by atoms with Crippen LogP contribution in [0.25, 0.3) is 0 Å². The first-order valence-corrected chi connectivity index (χ1v) is 8.43. The lowest BCUT2D eigenvalue weighted by Gasteiger charge is -2.08. The Bertz CT molecular complexity index is 332. The largest absolute Gasteiger partial charge is 0.310 e.